The highest BCUT2D eigenvalue weighted by molar-refractivity contribution is 9.10. The third kappa shape index (κ3) is 3.80. The van der Waals surface area contributed by atoms with Gasteiger partial charge in [0, 0.05) is 16.0 Å². The van der Waals surface area contributed by atoms with Gasteiger partial charge >= 0.3 is 0 Å². The van der Waals surface area contributed by atoms with Crippen molar-refractivity contribution in [3.05, 3.63) is 69.7 Å². The van der Waals surface area contributed by atoms with Crippen molar-refractivity contribution in [1.29, 1.82) is 0 Å². The molecule has 0 saturated carbocycles. The van der Waals surface area contributed by atoms with Crippen LogP contribution in [0.5, 0.6) is 0 Å². The number of benzene rings is 2. The standard InChI is InChI=1S/C18H19BrO/c1-2-3-7-18(16-5-4-6-17(19)12-16)15-10-8-14(13-20)9-11-15/h4-6,8-13,18H,2-3,7H2,1H3. The molecule has 0 bridgehead atoms. The van der Waals surface area contributed by atoms with E-state index in [-0.39, 0.29) is 0 Å². The summed E-state index contributed by atoms with van der Waals surface area (Å²) in [4.78, 5) is 10.8. The van der Waals surface area contributed by atoms with Gasteiger partial charge in [-0.15, -0.1) is 0 Å². The van der Waals surface area contributed by atoms with Crippen LogP contribution in [-0.4, -0.2) is 6.29 Å². The van der Waals surface area contributed by atoms with Gasteiger partial charge in [-0.2, -0.15) is 0 Å². The first-order valence-corrected chi connectivity index (χ1v) is 7.84. The normalized spacial score (nSPS) is 12.1. The number of aldehydes is 1. The van der Waals surface area contributed by atoms with E-state index in [9.17, 15) is 4.79 Å². The molecule has 1 unspecified atom stereocenters. The van der Waals surface area contributed by atoms with E-state index in [1.807, 2.05) is 12.1 Å². The highest BCUT2D eigenvalue weighted by Gasteiger charge is 2.14. The molecule has 0 saturated heterocycles. The smallest absolute Gasteiger partial charge is 0.150 e. The average Bonchev–Trinajstić information content (AvgIpc) is 2.48. The Kier molecular flexibility index (Phi) is 5.54. The summed E-state index contributed by atoms with van der Waals surface area (Å²) in [6.45, 7) is 2.22. The van der Waals surface area contributed by atoms with Crippen LogP contribution >= 0.6 is 15.9 Å². The predicted molar refractivity (Wildman–Crippen MR) is 87.3 cm³/mol. The number of carbonyl (C=O) groups excluding carboxylic acids is 1. The number of carbonyl (C=O) groups is 1. The molecule has 2 rings (SSSR count). The molecule has 2 aromatic rings. The van der Waals surface area contributed by atoms with Gasteiger partial charge in [0.2, 0.25) is 0 Å². The van der Waals surface area contributed by atoms with Crippen molar-refractivity contribution in [2.75, 3.05) is 0 Å². The van der Waals surface area contributed by atoms with Crippen molar-refractivity contribution < 1.29 is 4.79 Å². The zero-order valence-corrected chi connectivity index (χ0v) is 13.3. The van der Waals surface area contributed by atoms with Gasteiger partial charge in [0.1, 0.15) is 6.29 Å². The quantitative estimate of drug-likeness (QED) is 0.631. The molecule has 0 amide bonds. The van der Waals surface area contributed by atoms with E-state index in [0.717, 1.165) is 22.7 Å². The maximum atomic E-state index is 10.8. The van der Waals surface area contributed by atoms with E-state index in [4.69, 9.17) is 0 Å². The first-order chi connectivity index (χ1) is 9.74. The van der Waals surface area contributed by atoms with Crippen LogP contribution in [0.25, 0.3) is 0 Å². The fourth-order valence-corrected chi connectivity index (χ4v) is 2.88. The monoisotopic (exact) mass is 330 g/mol. The van der Waals surface area contributed by atoms with Crippen molar-refractivity contribution in [2.24, 2.45) is 0 Å². The van der Waals surface area contributed by atoms with Crippen LogP contribution in [0, 0.1) is 0 Å². The molecule has 0 heterocycles. The largest absolute Gasteiger partial charge is 0.298 e. The SMILES string of the molecule is CCCCC(c1ccc(C=O)cc1)c1cccc(Br)c1. The van der Waals surface area contributed by atoms with Gasteiger partial charge in [-0.3, -0.25) is 4.79 Å². The molecule has 20 heavy (non-hydrogen) atoms. The highest BCUT2D eigenvalue weighted by atomic mass is 79.9. The van der Waals surface area contributed by atoms with Crippen LogP contribution in [0.2, 0.25) is 0 Å². The summed E-state index contributed by atoms with van der Waals surface area (Å²) in [6, 6.07) is 16.5. The molecule has 1 nitrogen and oxygen atoms in total. The van der Waals surface area contributed by atoms with E-state index in [1.165, 1.54) is 24.0 Å². The highest BCUT2D eigenvalue weighted by Crippen LogP contribution is 2.31. The van der Waals surface area contributed by atoms with Crippen molar-refractivity contribution in [3.63, 3.8) is 0 Å². The van der Waals surface area contributed by atoms with Gasteiger partial charge < -0.3 is 0 Å². The van der Waals surface area contributed by atoms with E-state index in [2.05, 4.69) is 59.3 Å². The molecular formula is C18H19BrO. The molecule has 0 aromatic heterocycles. The minimum absolute atomic E-state index is 0.396. The molecule has 1 atom stereocenters. The summed E-state index contributed by atoms with van der Waals surface area (Å²) in [6.07, 6.45) is 4.42. The minimum Gasteiger partial charge on any atom is -0.298 e. The lowest BCUT2D eigenvalue weighted by molar-refractivity contribution is 0.112. The zero-order chi connectivity index (χ0) is 14.4. The lowest BCUT2D eigenvalue weighted by Crippen LogP contribution is -2.01. The Labute approximate surface area is 129 Å². The maximum absolute atomic E-state index is 10.8. The maximum Gasteiger partial charge on any atom is 0.150 e. The van der Waals surface area contributed by atoms with Crippen LogP contribution < -0.4 is 0 Å². The second-order valence-corrected chi connectivity index (χ2v) is 5.95. The first kappa shape index (κ1) is 15.0. The predicted octanol–water partition coefficient (Wildman–Crippen LogP) is 5.58. The van der Waals surface area contributed by atoms with Crippen LogP contribution in [0.3, 0.4) is 0 Å². The van der Waals surface area contributed by atoms with Crippen LogP contribution in [0.1, 0.15) is 53.6 Å². The van der Waals surface area contributed by atoms with Crippen molar-refractivity contribution in [1.82, 2.24) is 0 Å². The second kappa shape index (κ2) is 7.39. The zero-order valence-electron chi connectivity index (χ0n) is 11.7. The lowest BCUT2D eigenvalue weighted by atomic mass is 9.87. The van der Waals surface area contributed by atoms with Crippen LogP contribution in [-0.2, 0) is 0 Å². The molecule has 0 aliphatic carbocycles. The number of hydrogen-bond acceptors (Lipinski definition) is 1. The fraction of sp³-hybridized carbons (Fsp3) is 0.278. The third-order valence-corrected chi connectivity index (χ3v) is 4.07. The summed E-state index contributed by atoms with van der Waals surface area (Å²) >= 11 is 3.55. The first-order valence-electron chi connectivity index (χ1n) is 7.05. The van der Waals surface area contributed by atoms with E-state index >= 15 is 0 Å². The molecule has 0 fully saturated rings. The van der Waals surface area contributed by atoms with Crippen molar-refractivity contribution in [3.8, 4) is 0 Å². The summed E-state index contributed by atoms with van der Waals surface area (Å²) in [5.41, 5.74) is 3.34. The molecule has 2 heteroatoms. The Balaban J connectivity index is 2.32. The van der Waals surface area contributed by atoms with Crippen LogP contribution in [0.4, 0.5) is 0 Å². The molecule has 0 N–H and O–H groups in total. The van der Waals surface area contributed by atoms with Gasteiger partial charge in [0.25, 0.3) is 0 Å². The molecule has 0 aliphatic heterocycles. The van der Waals surface area contributed by atoms with Gasteiger partial charge in [-0.25, -0.2) is 0 Å². The Hall–Kier alpha value is -1.41. The number of halogens is 1. The average molecular weight is 331 g/mol. The Bertz CT molecular complexity index is 560. The van der Waals surface area contributed by atoms with E-state index in [0.29, 0.717) is 5.92 Å². The van der Waals surface area contributed by atoms with Crippen molar-refractivity contribution >= 4 is 22.2 Å². The Morgan fingerprint density at radius 2 is 1.85 bits per heavy atom. The summed E-state index contributed by atoms with van der Waals surface area (Å²) in [5.74, 6) is 0.396. The molecule has 0 radical (unpaired) electrons. The molecule has 0 aliphatic rings. The van der Waals surface area contributed by atoms with Crippen LogP contribution in [0.15, 0.2) is 53.0 Å². The molecule has 104 valence electrons. The van der Waals surface area contributed by atoms with E-state index in [1.54, 1.807) is 0 Å². The second-order valence-electron chi connectivity index (χ2n) is 5.03. The Morgan fingerprint density at radius 1 is 1.10 bits per heavy atom. The third-order valence-electron chi connectivity index (χ3n) is 3.57. The lowest BCUT2D eigenvalue weighted by Gasteiger charge is -2.18. The topological polar surface area (TPSA) is 17.1 Å². The Morgan fingerprint density at radius 3 is 2.45 bits per heavy atom. The molecule has 2 aromatic carbocycles. The summed E-state index contributed by atoms with van der Waals surface area (Å²) in [7, 11) is 0. The van der Waals surface area contributed by atoms with Gasteiger partial charge in [0.05, 0.1) is 0 Å². The van der Waals surface area contributed by atoms with E-state index < -0.39 is 0 Å². The summed E-state index contributed by atoms with van der Waals surface area (Å²) in [5, 5.41) is 0. The van der Waals surface area contributed by atoms with Gasteiger partial charge in [-0.1, -0.05) is 72.1 Å². The number of rotatable bonds is 6. The molecule has 0 spiro atoms. The molecular weight excluding hydrogens is 312 g/mol. The fourth-order valence-electron chi connectivity index (χ4n) is 2.46. The number of hydrogen-bond donors (Lipinski definition) is 0. The van der Waals surface area contributed by atoms with Gasteiger partial charge in [-0.05, 0) is 29.7 Å². The summed E-state index contributed by atoms with van der Waals surface area (Å²) < 4.78 is 1.11. The number of unbranched alkanes of at least 4 members (excludes halogenated alkanes) is 1. The van der Waals surface area contributed by atoms with Gasteiger partial charge in [0.15, 0.2) is 0 Å². The minimum atomic E-state index is 0.396. The van der Waals surface area contributed by atoms with Crippen molar-refractivity contribution in [2.45, 2.75) is 32.1 Å².